The minimum atomic E-state index is -0.744. The summed E-state index contributed by atoms with van der Waals surface area (Å²) in [7, 11) is 1.77. The molecule has 0 radical (unpaired) electrons. The number of hydrogen-bond donors (Lipinski definition) is 2. The van der Waals surface area contributed by atoms with E-state index in [-0.39, 0.29) is 12.5 Å². The molecular formula is C30H28FN7O3. The predicted octanol–water partition coefficient (Wildman–Crippen LogP) is 3.08. The third-order valence-corrected chi connectivity index (χ3v) is 7.65. The molecule has 2 amide bonds. The first-order valence-electron chi connectivity index (χ1n) is 13.3. The van der Waals surface area contributed by atoms with Crippen LogP contribution in [0.5, 0.6) is 0 Å². The van der Waals surface area contributed by atoms with Crippen LogP contribution in [0, 0.1) is 12.7 Å². The topological polar surface area (TPSA) is 112 Å². The van der Waals surface area contributed by atoms with Crippen molar-refractivity contribution >= 4 is 34.9 Å². The van der Waals surface area contributed by atoms with Gasteiger partial charge in [0.15, 0.2) is 5.82 Å². The second-order valence-corrected chi connectivity index (χ2v) is 10.2. The molecule has 0 saturated carbocycles. The maximum Gasteiger partial charge on any atom is 0.298 e. The number of nitrogens with one attached hydrogen (secondary N) is 2. The first-order valence-corrected chi connectivity index (χ1v) is 13.3. The van der Waals surface area contributed by atoms with Crippen LogP contribution < -0.4 is 20.4 Å². The van der Waals surface area contributed by atoms with E-state index in [2.05, 4.69) is 20.6 Å². The number of halogens is 1. The summed E-state index contributed by atoms with van der Waals surface area (Å²) in [4.78, 5) is 51.6. The molecule has 0 bridgehead atoms. The molecule has 0 spiro atoms. The molecule has 41 heavy (non-hydrogen) atoms. The Labute approximate surface area is 235 Å². The van der Waals surface area contributed by atoms with E-state index in [1.807, 2.05) is 59.2 Å². The predicted molar refractivity (Wildman–Crippen MR) is 152 cm³/mol. The fourth-order valence-corrected chi connectivity index (χ4v) is 5.47. The van der Waals surface area contributed by atoms with E-state index in [1.54, 1.807) is 23.7 Å². The molecule has 1 fully saturated rings. The zero-order chi connectivity index (χ0) is 28.7. The molecule has 6 rings (SSSR count). The number of hydrogen-bond acceptors (Lipinski definition) is 7. The van der Waals surface area contributed by atoms with E-state index in [1.165, 1.54) is 0 Å². The van der Waals surface area contributed by atoms with Crippen molar-refractivity contribution in [3.8, 4) is 11.1 Å². The number of Topliss-reactive ketones (excluding diaryl/α,β-unsaturated/α-hetero) is 1. The molecular weight excluding hydrogens is 525 g/mol. The highest BCUT2D eigenvalue weighted by Gasteiger charge is 2.36. The maximum atomic E-state index is 13.4. The molecule has 2 aromatic heterocycles. The second kappa shape index (κ2) is 10.5. The lowest BCUT2D eigenvalue weighted by atomic mass is 10.0. The molecule has 2 N–H and O–H groups in total. The van der Waals surface area contributed by atoms with Crippen LogP contribution in [0.3, 0.4) is 0 Å². The van der Waals surface area contributed by atoms with Gasteiger partial charge in [0, 0.05) is 49.3 Å². The van der Waals surface area contributed by atoms with E-state index >= 15 is 0 Å². The van der Waals surface area contributed by atoms with Crippen molar-refractivity contribution in [2.75, 3.05) is 34.8 Å². The Morgan fingerprint density at radius 3 is 2.56 bits per heavy atom. The van der Waals surface area contributed by atoms with Crippen molar-refractivity contribution in [1.29, 1.82) is 0 Å². The van der Waals surface area contributed by atoms with Crippen LogP contribution in [0.15, 0.2) is 67.0 Å². The van der Waals surface area contributed by atoms with Gasteiger partial charge in [0.1, 0.15) is 11.7 Å². The van der Waals surface area contributed by atoms with E-state index in [9.17, 15) is 18.8 Å². The van der Waals surface area contributed by atoms with Crippen LogP contribution in [0.2, 0.25) is 0 Å². The lowest BCUT2D eigenvalue weighted by Crippen LogP contribution is -2.58. The molecule has 1 saturated heterocycles. The summed E-state index contributed by atoms with van der Waals surface area (Å²) in [5, 5.41) is 5.71. The van der Waals surface area contributed by atoms with Gasteiger partial charge in [-0.15, -0.1) is 0 Å². The summed E-state index contributed by atoms with van der Waals surface area (Å²) in [6.45, 7) is 3.55. The number of benzene rings is 2. The SMILES string of the molecule is Cc1cc(-c2ccccc2)c(C(=O)C(=O)Nc2ccc3c(c2)CNC(=O)C2CN(c4ncc(F)cn4)CCN32)n1C. The maximum absolute atomic E-state index is 13.4. The normalized spacial score (nSPS) is 16.4. The number of fused-ring (bicyclic) bond motifs is 3. The fourth-order valence-electron chi connectivity index (χ4n) is 5.47. The van der Waals surface area contributed by atoms with Crippen LogP contribution in [-0.2, 0) is 23.2 Å². The number of amides is 2. The van der Waals surface area contributed by atoms with Crippen molar-refractivity contribution in [1.82, 2.24) is 19.9 Å². The first-order chi connectivity index (χ1) is 19.8. The number of piperazine rings is 1. The lowest BCUT2D eigenvalue weighted by Gasteiger charge is -2.41. The van der Waals surface area contributed by atoms with E-state index in [0.717, 1.165) is 34.9 Å². The van der Waals surface area contributed by atoms with Crippen LogP contribution >= 0.6 is 0 Å². The molecule has 1 unspecified atom stereocenters. The monoisotopic (exact) mass is 553 g/mol. The molecule has 11 heteroatoms. The molecule has 2 aliphatic heterocycles. The van der Waals surface area contributed by atoms with E-state index < -0.39 is 23.5 Å². The van der Waals surface area contributed by atoms with Crippen LogP contribution in [0.4, 0.5) is 21.7 Å². The first kappa shape index (κ1) is 26.2. The Morgan fingerprint density at radius 1 is 1.05 bits per heavy atom. The van der Waals surface area contributed by atoms with Crippen LogP contribution in [-0.4, -0.2) is 57.8 Å². The van der Waals surface area contributed by atoms with E-state index in [0.29, 0.717) is 42.5 Å². The van der Waals surface area contributed by atoms with Crippen LogP contribution in [0.1, 0.15) is 21.7 Å². The number of nitrogens with zero attached hydrogens (tertiary/aromatic N) is 5. The highest BCUT2D eigenvalue weighted by Crippen LogP contribution is 2.31. The fraction of sp³-hybridized carbons (Fsp3) is 0.233. The zero-order valence-corrected chi connectivity index (χ0v) is 22.6. The summed E-state index contributed by atoms with van der Waals surface area (Å²) in [6.07, 6.45) is 2.22. The Hall–Kier alpha value is -5.06. The van der Waals surface area contributed by atoms with Gasteiger partial charge in [0.2, 0.25) is 11.9 Å². The Morgan fingerprint density at radius 2 is 1.80 bits per heavy atom. The molecule has 2 aromatic carbocycles. The number of aromatic nitrogens is 3. The molecule has 0 aliphatic carbocycles. The average Bonchev–Trinajstić information content (AvgIpc) is 3.21. The van der Waals surface area contributed by atoms with Gasteiger partial charge in [0.25, 0.3) is 11.7 Å². The zero-order valence-electron chi connectivity index (χ0n) is 22.6. The minimum absolute atomic E-state index is 0.152. The van der Waals surface area contributed by atoms with Gasteiger partial charge in [0.05, 0.1) is 18.9 Å². The molecule has 1 atom stereocenters. The van der Waals surface area contributed by atoms with Crippen molar-refractivity contribution in [3.63, 3.8) is 0 Å². The van der Waals surface area contributed by atoms with Gasteiger partial charge in [-0.25, -0.2) is 14.4 Å². The van der Waals surface area contributed by atoms with Crippen molar-refractivity contribution in [2.45, 2.75) is 19.5 Å². The highest BCUT2D eigenvalue weighted by molar-refractivity contribution is 6.47. The van der Waals surface area contributed by atoms with Crippen molar-refractivity contribution in [2.24, 2.45) is 7.05 Å². The summed E-state index contributed by atoms with van der Waals surface area (Å²) < 4.78 is 15.0. The number of ketones is 1. The Balaban J connectivity index is 1.22. The van der Waals surface area contributed by atoms with Gasteiger partial charge >= 0.3 is 0 Å². The molecule has 4 aromatic rings. The minimum Gasteiger partial charge on any atom is -0.356 e. The molecule has 2 aliphatic rings. The van der Waals surface area contributed by atoms with Crippen molar-refractivity contribution in [3.05, 3.63) is 89.8 Å². The van der Waals surface area contributed by atoms with E-state index in [4.69, 9.17) is 0 Å². The van der Waals surface area contributed by atoms with Crippen LogP contribution in [0.25, 0.3) is 11.1 Å². The number of carbonyl (C=O) groups excluding carboxylic acids is 3. The summed E-state index contributed by atoms with van der Waals surface area (Å²) in [5.41, 5.74) is 4.88. The highest BCUT2D eigenvalue weighted by atomic mass is 19.1. The van der Waals surface area contributed by atoms with Gasteiger partial charge in [-0.2, -0.15) is 0 Å². The van der Waals surface area contributed by atoms with Gasteiger partial charge in [-0.3, -0.25) is 14.4 Å². The third-order valence-electron chi connectivity index (χ3n) is 7.65. The quantitative estimate of drug-likeness (QED) is 0.289. The molecule has 4 heterocycles. The summed E-state index contributed by atoms with van der Waals surface area (Å²) in [6, 6.07) is 16.3. The van der Waals surface area contributed by atoms with Gasteiger partial charge in [-0.05, 0) is 42.3 Å². The average molecular weight is 554 g/mol. The number of rotatable bonds is 5. The number of carbonyl (C=O) groups is 3. The smallest absolute Gasteiger partial charge is 0.298 e. The standard InChI is InChI=1S/C30H28FN7O3/c1-18-12-23(19-6-4-3-5-7-19)26(36(18)2)27(39)29(41)35-22-8-9-24-20(13-22)14-32-28(40)25-17-37(10-11-38(24)25)30-33-15-21(31)16-34-30/h3-9,12-13,15-16,25H,10-11,14,17H2,1-2H3,(H,32,40)(H,35,41). The summed E-state index contributed by atoms with van der Waals surface area (Å²) in [5.74, 6) is -1.68. The lowest BCUT2D eigenvalue weighted by molar-refractivity contribution is -0.122. The van der Waals surface area contributed by atoms with Crippen molar-refractivity contribution < 1.29 is 18.8 Å². The third kappa shape index (κ3) is 4.90. The second-order valence-electron chi connectivity index (χ2n) is 10.2. The molecule has 208 valence electrons. The Kier molecular flexibility index (Phi) is 6.70. The molecule has 10 nitrogen and oxygen atoms in total. The Bertz CT molecular complexity index is 1650. The number of anilines is 3. The largest absolute Gasteiger partial charge is 0.356 e. The van der Waals surface area contributed by atoms with Gasteiger partial charge in [-0.1, -0.05) is 30.3 Å². The number of aryl methyl sites for hydroxylation is 1. The van der Waals surface area contributed by atoms with Gasteiger partial charge < -0.3 is 25.0 Å². The summed E-state index contributed by atoms with van der Waals surface area (Å²) >= 11 is 0.